The van der Waals surface area contributed by atoms with Gasteiger partial charge in [0.25, 0.3) is 5.91 Å². The number of carbonyl (C=O) groups excluding carboxylic acids is 1. The molecule has 0 bridgehead atoms. The van der Waals surface area contributed by atoms with Crippen LogP contribution in [0.4, 0.5) is 8.78 Å². The number of hydrogen-bond acceptors (Lipinski definition) is 2. The van der Waals surface area contributed by atoms with Gasteiger partial charge in [0.05, 0.1) is 0 Å². The van der Waals surface area contributed by atoms with Gasteiger partial charge in [-0.15, -0.1) is 0 Å². The van der Waals surface area contributed by atoms with E-state index in [0.717, 1.165) is 37.6 Å². The topological polar surface area (TPSA) is 32.3 Å². The maximum Gasteiger partial charge on any atom is 0.254 e. The van der Waals surface area contributed by atoms with Gasteiger partial charge in [0, 0.05) is 30.8 Å². The van der Waals surface area contributed by atoms with E-state index >= 15 is 0 Å². The summed E-state index contributed by atoms with van der Waals surface area (Å²) in [4.78, 5) is 14.0. The van der Waals surface area contributed by atoms with Gasteiger partial charge in [-0.3, -0.25) is 4.79 Å². The summed E-state index contributed by atoms with van der Waals surface area (Å²) < 4.78 is 26.4. The summed E-state index contributed by atoms with van der Waals surface area (Å²) >= 11 is 0. The zero-order valence-electron chi connectivity index (χ0n) is 11.9. The van der Waals surface area contributed by atoms with Crippen LogP contribution in [0.2, 0.25) is 0 Å². The zero-order valence-corrected chi connectivity index (χ0v) is 11.9. The lowest BCUT2D eigenvalue weighted by Crippen LogP contribution is -2.43. The maximum atomic E-state index is 13.2. The molecule has 2 saturated heterocycles. The molecule has 2 aliphatic heterocycles. The third kappa shape index (κ3) is 3.23. The number of likely N-dealkylation sites (tertiary alicyclic amines) is 1. The Balaban J connectivity index is 1.62. The molecular formula is C16H20F2N2O. The molecule has 3 nitrogen and oxygen atoms in total. The Morgan fingerprint density at radius 1 is 1.10 bits per heavy atom. The van der Waals surface area contributed by atoms with Crippen LogP contribution < -0.4 is 5.32 Å². The first kappa shape index (κ1) is 14.4. The lowest BCUT2D eigenvalue weighted by Gasteiger charge is -2.35. The predicted molar refractivity (Wildman–Crippen MR) is 76.0 cm³/mol. The van der Waals surface area contributed by atoms with Gasteiger partial charge in [0.1, 0.15) is 11.6 Å². The lowest BCUT2D eigenvalue weighted by atomic mass is 9.88. The van der Waals surface area contributed by atoms with Gasteiger partial charge in [-0.05, 0) is 50.3 Å². The monoisotopic (exact) mass is 294 g/mol. The molecule has 0 spiro atoms. The number of halogens is 2. The summed E-state index contributed by atoms with van der Waals surface area (Å²) in [7, 11) is 0. The molecule has 0 aliphatic carbocycles. The highest BCUT2D eigenvalue weighted by atomic mass is 19.1. The van der Waals surface area contributed by atoms with Crippen LogP contribution in [0.15, 0.2) is 18.2 Å². The Bertz CT molecular complexity index is 501. The third-order valence-corrected chi connectivity index (χ3v) is 4.60. The Morgan fingerprint density at radius 2 is 1.76 bits per heavy atom. The summed E-state index contributed by atoms with van der Waals surface area (Å²) in [5, 5.41) is 3.51. The highest BCUT2D eigenvalue weighted by Crippen LogP contribution is 2.26. The summed E-state index contributed by atoms with van der Waals surface area (Å²) in [6.07, 6.45) is 4.36. The van der Waals surface area contributed by atoms with Crippen LogP contribution in [-0.4, -0.2) is 36.5 Å². The van der Waals surface area contributed by atoms with Crippen LogP contribution in [0.5, 0.6) is 0 Å². The average Bonchev–Trinajstić information content (AvgIpc) is 3.00. The molecule has 1 atom stereocenters. The first-order chi connectivity index (χ1) is 10.1. The van der Waals surface area contributed by atoms with Crippen LogP contribution in [0.25, 0.3) is 0 Å². The van der Waals surface area contributed by atoms with Gasteiger partial charge < -0.3 is 10.2 Å². The minimum absolute atomic E-state index is 0.102. The number of carbonyl (C=O) groups is 1. The molecule has 2 aliphatic rings. The standard InChI is InChI=1S/C16H20F2N2O/c17-13-8-12(9-14(18)10-13)16(21)20-6-3-11(4-7-20)15-2-1-5-19-15/h8-11,15,19H,1-7H2. The molecule has 0 aromatic heterocycles. The Labute approximate surface area is 123 Å². The first-order valence-corrected chi connectivity index (χ1v) is 7.62. The van der Waals surface area contributed by atoms with Crippen molar-refractivity contribution in [3.05, 3.63) is 35.4 Å². The molecule has 2 fully saturated rings. The fraction of sp³-hybridized carbons (Fsp3) is 0.562. The van der Waals surface area contributed by atoms with Crippen LogP contribution in [0.3, 0.4) is 0 Å². The van der Waals surface area contributed by atoms with Crippen molar-refractivity contribution in [3.8, 4) is 0 Å². The van der Waals surface area contributed by atoms with Crippen LogP contribution in [0.1, 0.15) is 36.0 Å². The normalized spacial score (nSPS) is 23.5. The van der Waals surface area contributed by atoms with E-state index in [2.05, 4.69) is 5.32 Å². The van der Waals surface area contributed by atoms with E-state index < -0.39 is 11.6 Å². The fourth-order valence-corrected chi connectivity index (χ4v) is 3.48. The number of amides is 1. The van der Waals surface area contributed by atoms with Crippen molar-refractivity contribution >= 4 is 5.91 Å². The number of rotatable bonds is 2. The molecule has 1 aromatic rings. The highest BCUT2D eigenvalue weighted by molar-refractivity contribution is 5.94. The van der Waals surface area contributed by atoms with E-state index in [1.807, 2.05) is 0 Å². The zero-order chi connectivity index (χ0) is 14.8. The van der Waals surface area contributed by atoms with Gasteiger partial charge >= 0.3 is 0 Å². The van der Waals surface area contributed by atoms with Gasteiger partial charge in [-0.1, -0.05) is 0 Å². The summed E-state index contributed by atoms with van der Waals surface area (Å²) in [6, 6.07) is 3.58. The Kier molecular flexibility index (Phi) is 4.19. The van der Waals surface area contributed by atoms with Crippen molar-refractivity contribution in [3.63, 3.8) is 0 Å². The number of hydrogen-bond donors (Lipinski definition) is 1. The van der Waals surface area contributed by atoms with Gasteiger partial charge in [0.2, 0.25) is 0 Å². The van der Waals surface area contributed by atoms with Crippen LogP contribution >= 0.6 is 0 Å². The Morgan fingerprint density at radius 3 is 2.33 bits per heavy atom. The molecule has 21 heavy (non-hydrogen) atoms. The minimum atomic E-state index is -0.705. The second-order valence-electron chi connectivity index (χ2n) is 5.99. The molecule has 1 unspecified atom stereocenters. The molecule has 1 amide bonds. The summed E-state index contributed by atoms with van der Waals surface area (Å²) in [5.74, 6) is -1.07. The van der Waals surface area contributed by atoms with Gasteiger partial charge in [-0.2, -0.15) is 0 Å². The predicted octanol–water partition coefficient (Wildman–Crippen LogP) is 2.57. The van der Waals surface area contributed by atoms with Crippen molar-refractivity contribution in [2.45, 2.75) is 31.7 Å². The van der Waals surface area contributed by atoms with Crippen molar-refractivity contribution in [1.29, 1.82) is 0 Å². The van der Waals surface area contributed by atoms with Gasteiger partial charge in [0.15, 0.2) is 0 Å². The van der Waals surface area contributed by atoms with E-state index in [9.17, 15) is 13.6 Å². The fourth-order valence-electron chi connectivity index (χ4n) is 3.48. The maximum absolute atomic E-state index is 13.2. The largest absolute Gasteiger partial charge is 0.339 e. The van der Waals surface area contributed by atoms with Crippen molar-refractivity contribution < 1.29 is 13.6 Å². The molecule has 0 saturated carbocycles. The summed E-state index contributed by atoms with van der Waals surface area (Å²) in [5.41, 5.74) is 0.102. The Hall–Kier alpha value is -1.49. The molecule has 3 rings (SSSR count). The second-order valence-corrected chi connectivity index (χ2v) is 5.99. The quantitative estimate of drug-likeness (QED) is 0.909. The SMILES string of the molecule is O=C(c1cc(F)cc(F)c1)N1CCC(C2CCCN2)CC1. The highest BCUT2D eigenvalue weighted by Gasteiger charge is 2.30. The molecule has 2 heterocycles. The molecule has 5 heteroatoms. The van der Waals surface area contributed by atoms with Gasteiger partial charge in [-0.25, -0.2) is 8.78 Å². The van der Waals surface area contributed by atoms with E-state index in [1.165, 1.54) is 12.8 Å². The van der Waals surface area contributed by atoms with E-state index in [-0.39, 0.29) is 11.5 Å². The molecule has 114 valence electrons. The number of nitrogens with zero attached hydrogens (tertiary/aromatic N) is 1. The molecule has 1 N–H and O–H groups in total. The molecule has 0 radical (unpaired) electrons. The smallest absolute Gasteiger partial charge is 0.254 e. The first-order valence-electron chi connectivity index (χ1n) is 7.62. The second kappa shape index (κ2) is 6.10. The number of piperidine rings is 1. The van der Waals surface area contributed by atoms with E-state index in [4.69, 9.17) is 0 Å². The minimum Gasteiger partial charge on any atom is -0.339 e. The third-order valence-electron chi connectivity index (χ3n) is 4.60. The van der Waals surface area contributed by atoms with Crippen LogP contribution in [-0.2, 0) is 0 Å². The van der Waals surface area contributed by atoms with Crippen molar-refractivity contribution in [1.82, 2.24) is 10.2 Å². The number of nitrogens with one attached hydrogen (secondary N) is 1. The van der Waals surface area contributed by atoms with E-state index in [1.54, 1.807) is 4.90 Å². The average molecular weight is 294 g/mol. The molecule has 1 aromatic carbocycles. The van der Waals surface area contributed by atoms with E-state index in [0.29, 0.717) is 25.0 Å². The van der Waals surface area contributed by atoms with Crippen LogP contribution in [0, 0.1) is 17.6 Å². The lowest BCUT2D eigenvalue weighted by molar-refractivity contribution is 0.0673. The number of benzene rings is 1. The summed E-state index contributed by atoms with van der Waals surface area (Å²) in [6.45, 7) is 2.42. The van der Waals surface area contributed by atoms with Crippen molar-refractivity contribution in [2.75, 3.05) is 19.6 Å². The molecular weight excluding hydrogens is 274 g/mol. The van der Waals surface area contributed by atoms with Crippen molar-refractivity contribution in [2.24, 2.45) is 5.92 Å².